The summed E-state index contributed by atoms with van der Waals surface area (Å²) in [6.07, 6.45) is 6.18. The molecule has 0 radical (unpaired) electrons. The largest absolute Gasteiger partial charge is 0.395 e. The van der Waals surface area contributed by atoms with Crippen LogP contribution in [0.15, 0.2) is 44.3 Å². The van der Waals surface area contributed by atoms with E-state index in [4.69, 9.17) is 10.1 Å². The lowest BCUT2D eigenvalue weighted by Crippen LogP contribution is -2.22. The minimum atomic E-state index is -0.506. The minimum absolute atomic E-state index is 0.0974. The molecule has 2 aliphatic rings. The Bertz CT molecular complexity index is 1240. The number of nitrogens with zero attached hydrogens (tertiary/aromatic N) is 3. The van der Waals surface area contributed by atoms with Crippen LogP contribution in [0.4, 0.5) is 11.5 Å². The van der Waals surface area contributed by atoms with E-state index in [1.165, 1.54) is 2.91 Å². The second kappa shape index (κ2) is 10.4. The zero-order valence-electron chi connectivity index (χ0n) is 18.6. The second-order valence-electron chi connectivity index (χ2n) is 8.15. The number of fused-ring (bicyclic) bond motifs is 1. The molecule has 9 nitrogen and oxygen atoms in total. The molecule has 3 heterocycles. The van der Waals surface area contributed by atoms with Gasteiger partial charge in [0.05, 0.1) is 15.2 Å². The zero-order chi connectivity index (χ0) is 23.5. The maximum absolute atomic E-state index is 12.0. The van der Waals surface area contributed by atoms with Gasteiger partial charge >= 0.3 is 0 Å². The fourth-order valence-electron chi connectivity index (χ4n) is 3.38. The predicted octanol–water partition coefficient (Wildman–Crippen LogP) is 3.47. The molecule has 0 atom stereocenters. The lowest BCUT2D eigenvalue weighted by atomic mass is 10.3. The van der Waals surface area contributed by atoms with Crippen LogP contribution in [0.1, 0.15) is 30.1 Å². The fraction of sp³-hybridized carbons (Fsp3) is 0.304. The highest BCUT2D eigenvalue weighted by Crippen LogP contribution is 2.40. The van der Waals surface area contributed by atoms with Crippen LogP contribution in [0.25, 0.3) is 6.08 Å². The molecule has 11 heteroatoms. The van der Waals surface area contributed by atoms with Gasteiger partial charge in [-0.15, -0.1) is 0 Å². The number of aryl methyl sites for hydroxylation is 1. The van der Waals surface area contributed by atoms with Crippen molar-refractivity contribution in [1.82, 2.24) is 25.1 Å². The van der Waals surface area contributed by atoms with Gasteiger partial charge in [0.15, 0.2) is 9.57 Å². The van der Waals surface area contributed by atoms with Crippen molar-refractivity contribution in [2.45, 2.75) is 31.2 Å². The zero-order valence-corrected chi connectivity index (χ0v) is 21.6. The number of halogens is 1. The molecule has 0 unspecified atom stereocenters. The lowest BCUT2D eigenvalue weighted by molar-refractivity contribution is -0.117. The van der Waals surface area contributed by atoms with Crippen LogP contribution >= 0.6 is 32.5 Å². The summed E-state index contributed by atoms with van der Waals surface area (Å²) in [5.74, 6) is 1.97. The third kappa shape index (κ3) is 5.77. The molecular formula is C23H26IN7O2S. The molecule has 1 amide bonds. The molecule has 5 N–H and O–H groups in total. The highest BCUT2D eigenvalue weighted by molar-refractivity contribution is 14.2. The summed E-state index contributed by atoms with van der Waals surface area (Å²) in [6.45, 7) is 3.20. The topological polar surface area (TPSA) is 120 Å². The van der Waals surface area contributed by atoms with E-state index in [9.17, 15) is 4.79 Å². The van der Waals surface area contributed by atoms with Crippen LogP contribution < -0.4 is 16.0 Å². The van der Waals surface area contributed by atoms with Gasteiger partial charge in [-0.05, 0) is 64.8 Å². The molecule has 0 bridgehead atoms. The molecule has 5 rings (SSSR count). The first kappa shape index (κ1) is 23.3. The molecule has 1 aromatic carbocycles. The number of benzene rings is 1. The summed E-state index contributed by atoms with van der Waals surface area (Å²) in [5, 5.41) is 26.0. The van der Waals surface area contributed by atoms with E-state index >= 15 is 0 Å². The number of nitrogens with one attached hydrogen (secondary N) is 4. The van der Waals surface area contributed by atoms with Gasteiger partial charge < -0.3 is 21.1 Å². The van der Waals surface area contributed by atoms with Crippen LogP contribution in [0.3, 0.4) is 0 Å². The molecular weight excluding hydrogens is 565 g/mol. The van der Waals surface area contributed by atoms with Gasteiger partial charge in [0.1, 0.15) is 5.82 Å². The van der Waals surface area contributed by atoms with Crippen LogP contribution in [0, 0.1) is 12.8 Å². The van der Waals surface area contributed by atoms with Gasteiger partial charge in [0, 0.05) is 53.6 Å². The number of carbonyl (C=O) groups excluding carboxylic acids is 1. The fourth-order valence-corrected chi connectivity index (χ4v) is 7.66. The van der Waals surface area contributed by atoms with E-state index in [0.29, 0.717) is 13.1 Å². The van der Waals surface area contributed by atoms with Crippen molar-refractivity contribution in [3.05, 3.63) is 56.7 Å². The number of hydrogen-bond acceptors (Lipinski definition) is 7. The van der Waals surface area contributed by atoms with Gasteiger partial charge in [0.2, 0.25) is 5.91 Å². The third-order valence-corrected chi connectivity index (χ3v) is 9.38. The normalized spacial score (nSPS) is 15.1. The molecule has 178 valence electrons. The first-order valence-corrected chi connectivity index (χ1v) is 14.1. The molecule has 3 aromatic rings. The van der Waals surface area contributed by atoms with Crippen molar-refractivity contribution < 1.29 is 9.90 Å². The molecule has 1 saturated carbocycles. The van der Waals surface area contributed by atoms with E-state index in [1.807, 2.05) is 43.5 Å². The van der Waals surface area contributed by atoms with E-state index in [1.54, 1.807) is 11.8 Å². The average Bonchev–Trinajstić information content (AvgIpc) is 3.48. The minimum Gasteiger partial charge on any atom is -0.395 e. The first-order chi connectivity index (χ1) is 16.6. The second-order valence-corrected chi connectivity index (χ2v) is 12.7. The number of rotatable bonds is 10. The van der Waals surface area contributed by atoms with Gasteiger partial charge in [-0.25, -0.2) is 4.98 Å². The van der Waals surface area contributed by atoms with Crippen LogP contribution in [-0.4, -0.2) is 47.7 Å². The maximum Gasteiger partial charge on any atom is 0.227 e. The van der Waals surface area contributed by atoms with E-state index in [-0.39, 0.29) is 18.4 Å². The van der Waals surface area contributed by atoms with Crippen LogP contribution in [0.2, 0.25) is 0 Å². The third-order valence-electron chi connectivity index (χ3n) is 5.24. The van der Waals surface area contributed by atoms with Crippen molar-refractivity contribution in [2.24, 2.45) is 5.92 Å². The van der Waals surface area contributed by atoms with Gasteiger partial charge in [-0.2, -0.15) is 5.10 Å². The summed E-state index contributed by atoms with van der Waals surface area (Å²) >= 11 is 1.22. The maximum atomic E-state index is 12.0. The number of hydrogen-bond donors (Lipinski definition) is 5. The Morgan fingerprint density at radius 3 is 2.85 bits per heavy atom. The number of amides is 1. The van der Waals surface area contributed by atoms with Crippen molar-refractivity contribution in [2.75, 3.05) is 23.8 Å². The lowest BCUT2D eigenvalue weighted by Gasteiger charge is -2.16. The van der Waals surface area contributed by atoms with Gasteiger partial charge in [-0.3, -0.25) is 14.5 Å². The first-order valence-electron chi connectivity index (χ1n) is 11.1. The molecule has 0 spiro atoms. The highest BCUT2D eigenvalue weighted by Gasteiger charge is 2.29. The summed E-state index contributed by atoms with van der Waals surface area (Å²) < 4.78 is 4.45. The van der Waals surface area contributed by atoms with Crippen molar-refractivity contribution in [3.8, 4) is 0 Å². The molecule has 0 saturated heterocycles. The highest BCUT2D eigenvalue weighted by atomic mass is 127. The standard InChI is InChI=1S/C23H26IN7O2S/c1-14-10-20(30-29-14)28-23-24-19(11-21-26-17(13-31(21)23)12-25-8-9-32)34-18-6-4-16(5-7-18)27-22(33)15-2-3-15/h4-7,10-11,13,15,25,32H,2-3,8-9,12H2,1H3,(H,27,33)(H2,28,29,30). The Kier molecular flexibility index (Phi) is 7.13. The predicted molar refractivity (Wildman–Crippen MR) is 144 cm³/mol. The Hall–Kier alpha value is -2.48. The number of H-pyrrole nitrogens is 1. The van der Waals surface area contributed by atoms with Crippen molar-refractivity contribution in [3.63, 3.8) is 0 Å². The Morgan fingerprint density at radius 2 is 2.15 bits per heavy atom. The van der Waals surface area contributed by atoms with Crippen molar-refractivity contribution >= 4 is 59.7 Å². The molecule has 1 aliphatic heterocycles. The molecule has 1 fully saturated rings. The monoisotopic (exact) mass is 591 g/mol. The van der Waals surface area contributed by atoms with Crippen LogP contribution in [0.5, 0.6) is 0 Å². The van der Waals surface area contributed by atoms with Crippen LogP contribution in [-0.2, 0) is 11.3 Å². The van der Waals surface area contributed by atoms with Gasteiger partial charge in [0.25, 0.3) is 0 Å². The average molecular weight is 591 g/mol. The Balaban J connectivity index is 1.35. The number of aromatic nitrogens is 4. The Labute approximate surface area is 211 Å². The van der Waals surface area contributed by atoms with E-state index in [0.717, 1.165) is 50.2 Å². The molecule has 1 aliphatic carbocycles. The summed E-state index contributed by atoms with van der Waals surface area (Å²) in [5.41, 5.74) is 2.76. The van der Waals surface area contributed by atoms with Gasteiger partial charge in [-0.1, -0.05) is 11.8 Å². The van der Waals surface area contributed by atoms with E-state index in [2.05, 4.69) is 36.8 Å². The number of anilines is 2. The Morgan fingerprint density at radius 1 is 1.32 bits per heavy atom. The summed E-state index contributed by atoms with van der Waals surface area (Å²) in [7, 11) is 0. The molecule has 34 heavy (non-hydrogen) atoms. The van der Waals surface area contributed by atoms with Crippen molar-refractivity contribution in [1.29, 1.82) is 0 Å². The number of carbonyl (C=O) groups is 1. The van der Waals surface area contributed by atoms with E-state index < -0.39 is 20.7 Å². The summed E-state index contributed by atoms with van der Waals surface area (Å²) in [4.78, 5) is 17.9. The number of aliphatic hydroxyl groups excluding tert-OH is 1. The quantitative estimate of drug-likeness (QED) is 0.181. The number of aromatic amines is 1. The molecule has 2 aromatic heterocycles. The number of aliphatic hydroxyl groups is 1. The smallest absolute Gasteiger partial charge is 0.227 e. The number of imidazole rings is 1. The number of thioether (sulfide) groups is 1. The SMILES string of the molecule is Cc1cc(NC2=IC(Sc3ccc(NC(=O)C4CC4)cc3)=Cc3nc(CNCCO)cn32)n[nH]1. The summed E-state index contributed by atoms with van der Waals surface area (Å²) in [6, 6.07) is 10.0.